The lowest BCUT2D eigenvalue weighted by Crippen LogP contribution is -2.49. The molecule has 2 saturated heterocycles. The van der Waals surface area contributed by atoms with E-state index in [2.05, 4.69) is 15.9 Å². The van der Waals surface area contributed by atoms with Crippen LogP contribution in [-0.2, 0) is 26.2 Å². The van der Waals surface area contributed by atoms with Crippen molar-refractivity contribution in [2.45, 2.75) is 32.6 Å². The monoisotopic (exact) mass is 869 g/mol. The zero-order chi connectivity index (χ0) is 40.4. The minimum Gasteiger partial charge on any atom is -0.504 e. The minimum atomic E-state index is -1.46. The molecule has 4 amide bonds. The maximum Gasteiger partial charge on any atom is 0.271 e. The molecule has 290 valence electrons. The molecule has 3 aromatic carbocycles. The van der Waals surface area contributed by atoms with E-state index < -0.39 is 63.6 Å². The number of fused-ring (bicyclic) bond motifs is 5. The average Bonchev–Trinajstić information content (AvgIpc) is 3.85. The van der Waals surface area contributed by atoms with Crippen molar-refractivity contribution in [3.63, 3.8) is 0 Å². The highest BCUT2D eigenvalue weighted by Crippen LogP contribution is 2.65. The van der Waals surface area contributed by atoms with E-state index >= 15 is 4.79 Å². The molecule has 1 N–H and O–H groups in total. The first-order valence-corrected chi connectivity index (χ1v) is 20.1. The maximum absolute atomic E-state index is 15.2. The Balaban J connectivity index is 1.17. The third kappa shape index (κ3) is 5.27. The van der Waals surface area contributed by atoms with Gasteiger partial charge >= 0.3 is 0 Å². The fraction of sp³-hybridized carbons (Fsp3) is 0.293. The van der Waals surface area contributed by atoms with Gasteiger partial charge in [0, 0.05) is 50.9 Å². The number of nitro groups is 1. The Morgan fingerprint density at radius 1 is 1.04 bits per heavy atom. The number of ether oxygens (including phenoxy) is 1. The second kappa shape index (κ2) is 13.1. The topological polar surface area (TPSA) is 165 Å². The van der Waals surface area contributed by atoms with Crippen molar-refractivity contribution in [1.29, 1.82) is 0 Å². The maximum atomic E-state index is 15.2. The van der Waals surface area contributed by atoms with Crippen molar-refractivity contribution >= 4 is 89.8 Å². The van der Waals surface area contributed by atoms with Crippen LogP contribution in [0.4, 0.5) is 17.2 Å². The minimum absolute atomic E-state index is 0.0651. The third-order valence-corrected chi connectivity index (χ3v) is 14.4. The SMILES string of the molecule is COc1cc(Br)cc([C@H]2C3=CC[C@@H]4C(=O)N(c5cccc([N+](=O)[O-])c5)C(=O)[C@@H]4[C@@H]3C[C@H]3C(=O)N(c4cc(-c5sc6ccc(Cl)cc6c5C)nn4C)C(=O)[C@@]23C)c1O. The number of carbonyl (C=O) groups excluding carboxylic acids is 4. The van der Waals surface area contributed by atoms with Crippen LogP contribution >= 0.6 is 38.9 Å². The molecule has 57 heavy (non-hydrogen) atoms. The second-order valence-electron chi connectivity index (χ2n) is 15.2. The average molecular weight is 871 g/mol. The molecule has 1 saturated carbocycles. The summed E-state index contributed by atoms with van der Waals surface area (Å²) in [4.78, 5) is 72.8. The van der Waals surface area contributed by atoms with E-state index in [1.807, 2.05) is 31.2 Å². The Labute approximate surface area is 342 Å². The van der Waals surface area contributed by atoms with Crippen LogP contribution in [0.15, 0.2) is 76.8 Å². The van der Waals surface area contributed by atoms with E-state index in [9.17, 15) is 29.6 Å². The smallest absolute Gasteiger partial charge is 0.271 e. The van der Waals surface area contributed by atoms with Gasteiger partial charge in [-0.15, -0.1) is 11.3 Å². The van der Waals surface area contributed by atoms with Crippen LogP contribution in [0.1, 0.15) is 36.8 Å². The summed E-state index contributed by atoms with van der Waals surface area (Å²) in [6.45, 7) is 3.70. The number of imide groups is 2. The summed E-state index contributed by atoms with van der Waals surface area (Å²) in [6.07, 6.45) is 2.08. The highest BCUT2D eigenvalue weighted by Gasteiger charge is 2.68. The third-order valence-electron chi connectivity index (χ3n) is 12.4. The molecule has 2 aromatic heterocycles. The van der Waals surface area contributed by atoms with Crippen molar-refractivity contribution in [1.82, 2.24) is 9.78 Å². The number of halogens is 2. The number of carbonyl (C=O) groups is 4. The number of hydrogen-bond donors (Lipinski definition) is 1. The second-order valence-corrected chi connectivity index (χ2v) is 17.6. The summed E-state index contributed by atoms with van der Waals surface area (Å²) >= 11 is 11.4. The predicted molar refractivity (Wildman–Crippen MR) is 216 cm³/mol. The number of amides is 4. The van der Waals surface area contributed by atoms with Crippen LogP contribution in [0, 0.1) is 46.1 Å². The summed E-state index contributed by atoms with van der Waals surface area (Å²) in [6, 6.07) is 16.1. The van der Waals surface area contributed by atoms with E-state index in [4.69, 9.17) is 21.4 Å². The molecule has 2 aliphatic heterocycles. The van der Waals surface area contributed by atoms with Gasteiger partial charge in [-0.05, 0) is 80.0 Å². The van der Waals surface area contributed by atoms with Gasteiger partial charge in [-0.2, -0.15) is 5.10 Å². The number of nitrogens with zero attached hydrogens (tertiary/aromatic N) is 5. The molecular formula is C41H33BrClN5O8S. The Hall–Kier alpha value is -5.38. The number of non-ortho nitro benzene ring substituents is 1. The van der Waals surface area contributed by atoms with Gasteiger partial charge in [-0.25, -0.2) is 9.80 Å². The highest BCUT2D eigenvalue weighted by molar-refractivity contribution is 9.10. The number of aryl methyl sites for hydroxylation is 2. The number of hydrogen-bond acceptors (Lipinski definition) is 10. The Kier molecular flexibility index (Phi) is 8.54. The lowest BCUT2D eigenvalue weighted by Gasteiger charge is -2.49. The van der Waals surface area contributed by atoms with Crippen LogP contribution < -0.4 is 14.5 Å². The molecule has 13 nitrogen and oxygen atoms in total. The van der Waals surface area contributed by atoms with Gasteiger partial charge in [0.1, 0.15) is 11.5 Å². The van der Waals surface area contributed by atoms with Crippen molar-refractivity contribution in [2.75, 3.05) is 16.9 Å². The number of allylic oxidation sites excluding steroid dienone is 2. The van der Waals surface area contributed by atoms with E-state index in [1.165, 1.54) is 52.3 Å². The van der Waals surface area contributed by atoms with Crippen LogP contribution in [0.2, 0.25) is 5.02 Å². The summed E-state index contributed by atoms with van der Waals surface area (Å²) < 4.78 is 8.60. The number of rotatable bonds is 6. The first kappa shape index (κ1) is 37.2. The molecule has 0 spiro atoms. The molecule has 0 radical (unpaired) electrons. The number of phenols is 1. The number of anilines is 2. The highest BCUT2D eigenvalue weighted by atomic mass is 79.9. The molecular weight excluding hydrogens is 838 g/mol. The number of thiophene rings is 1. The van der Waals surface area contributed by atoms with Crippen molar-refractivity contribution in [2.24, 2.45) is 36.1 Å². The van der Waals surface area contributed by atoms with Crippen molar-refractivity contribution < 1.29 is 33.9 Å². The molecule has 4 heterocycles. The number of aromatic hydroxyl groups is 1. The number of phenolic OH excluding ortho intramolecular Hbond substituents is 1. The molecule has 2 aliphatic carbocycles. The Morgan fingerprint density at radius 2 is 1.81 bits per heavy atom. The fourth-order valence-electron chi connectivity index (χ4n) is 9.76. The molecule has 5 aromatic rings. The van der Waals surface area contributed by atoms with Crippen LogP contribution in [-0.4, -0.2) is 50.5 Å². The summed E-state index contributed by atoms with van der Waals surface area (Å²) in [5, 5.41) is 29.7. The molecule has 0 unspecified atom stereocenters. The number of nitro benzene ring substituents is 1. The van der Waals surface area contributed by atoms with Gasteiger partial charge in [0.05, 0.1) is 45.8 Å². The fourth-order valence-corrected chi connectivity index (χ4v) is 11.5. The first-order valence-electron chi connectivity index (χ1n) is 18.2. The van der Waals surface area contributed by atoms with Crippen LogP contribution in [0.5, 0.6) is 11.5 Å². The van der Waals surface area contributed by atoms with Gasteiger partial charge < -0.3 is 9.84 Å². The van der Waals surface area contributed by atoms with E-state index in [1.54, 1.807) is 32.2 Å². The molecule has 0 bridgehead atoms. The zero-order valence-corrected chi connectivity index (χ0v) is 34.0. The summed E-state index contributed by atoms with van der Waals surface area (Å²) in [5.74, 6) is -6.16. The quantitative estimate of drug-likeness (QED) is 0.0769. The zero-order valence-electron chi connectivity index (χ0n) is 30.9. The molecule has 4 aliphatic rings. The number of methoxy groups -OCH3 is 1. The Morgan fingerprint density at radius 3 is 2.54 bits per heavy atom. The van der Waals surface area contributed by atoms with Gasteiger partial charge in [0.2, 0.25) is 23.6 Å². The van der Waals surface area contributed by atoms with E-state index in [0.29, 0.717) is 26.3 Å². The van der Waals surface area contributed by atoms with Gasteiger partial charge in [0.15, 0.2) is 11.5 Å². The largest absolute Gasteiger partial charge is 0.504 e. The number of benzene rings is 3. The van der Waals surface area contributed by atoms with E-state index in [-0.39, 0.29) is 41.5 Å². The van der Waals surface area contributed by atoms with Gasteiger partial charge in [0.25, 0.3) is 5.69 Å². The van der Waals surface area contributed by atoms with Gasteiger partial charge in [-0.3, -0.25) is 34.0 Å². The summed E-state index contributed by atoms with van der Waals surface area (Å²) in [7, 11) is 3.08. The molecule has 16 heteroatoms. The molecule has 6 atom stereocenters. The molecule has 3 fully saturated rings. The number of aromatic nitrogens is 2. The van der Waals surface area contributed by atoms with Crippen molar-refractivity contribution in [3.8, 4) is 22.1 Å². The first-order chi connectivity index (χ1) is 27.1. The lowest BCUT2D eigenvalue weighted by atomic mass is 9.51. The molecule has 9 rings (SSSR count). The normalized spacial score (nSPS) is 25.5. The summed E-state index contributed by atoms with van der Waals surface area (Å²) in [5.41, 5.74) is 0.865. The predicted octanol–water partition coefficient (Wildman–Crippen LogP) is 8.08. The lowest BCUT2D eigenvalue weighted by molar-refractivity contribution is -0.384. The van der Waals surface area contributed by atoms with Gasteiger partial charge in [-0.1, -0.05) is 45.2 Å². The standard InChI is InChI=1S/C41H33BrClN5O8S/c1-18-25-14-20(43)8-11-31(25)57-36(18)29-17-32(45(3)44-29)47-38(51)28-16-26-23(34(41(28,2)40(47)53)27-12-19(42)13-30(56-4)35(27)49)9-10-24-33(26)39(52)46(37(24)50)21-6-5-7-22(15-21)48(54)55/h5-9,11-15,17,24,26,28,33-34,49H,10,16H2,1-4H3/t24-,26+,28-,33-,34+,41+/m0/s1. The Bertz CT molecular complexity index is 2690. The van der Waals surface area contributed by atoms with Crippen molar-refractivity contribution in [3.05, 3.63) is 103 Å². The van der Waals surface area contributed by atoms with E-state index in [0.717, 1.165) is 25.4 Å². The van der Waals surface area contributed by atoms with Crippen LogP contribution in [0.25, 0.3) is 20.7 Å². The van der Waals surface area contributed by atoms with Crippen LogP contribution in [0.3, 0.4) is 0 Å².